The topological polar surface area (TPSA) is 24.9 Å². The molecule has 0 bridgehead atoms. The fourth-order valence-electron chi connectivity index (χ4n) is 2.86. The van der Waals surface area contributed by atoms with Gasteiger partial charge in [-0.25, -0.2) is 4.98 Å². The molecule has 1 heterocycles. The van der Waals surface area contributed by atoms with Crippen molar-refractivity contribution in [2.24, 2.45) is 11.8 Å². The van der Waals surface area contributed by atoms with Crippen LogP contribution in [0.2, 0.25) is 0 Å². The minimum atomic E-state index is 0.474. The summed E-state index contributed by atoms with van der Waals surface area (Å²) in [5.41, 5.74) is 1.16. The van der Waals surface area contributed by atoms with Gasteiger partial charge in [-0.1, -0.05) is 19.8 Å². The van der Waals surface area contributed by atoms with E-state index >= 15 is 0 Å². The summed E-state index contributed by atoms with van der Waals surface area (Å²) >= 11 is 1.80. The van der Waals surface area contributed by atoms with Gasteiger partial charge in [-0.15, -0.1) is 11.3 Å². The van der Waals surface area contributed by atoms with E-state index in [0.29, 0.717) is 6.04 Å². The van der Waals surface area contributed by atoms with E-state index in [9.17, 15) is 0 Å². The van der Waals surface area contributed by atoms with Crippen LogP contribution in [0.25, 0.3) is 0 Å². The molecule has 0 aliphatic heterocycles. The molecule has 0 saturated heterocycles. The quantitative estimate of drug-likeness (QED) is 0.871. The number of hydrogen-bond acceptors (Lipinski definition) is 3. The molecule has 0 radical (unpaired) electrons. The Labute approximate surface area is 102 Å². The summed E-state index contributed by atoms with van der Waals surface area (Å²) in [6.45, 7) is 4.46. The maximum absolute atomic E-state index is 4.64. The average molecular weight is 238 g/mol. The normalized spacial score (nSPS) is 27.9. The lowest BCUT2D eigenvalue weighted by atomic mass is 9.79. The van der Waals surface area contributed by atoms with E-state index in [2.05, 4.69) is 36.6 Å². The van der Waals surface area contributed by atoms with Gasteiger partial charge in [0, 0.05) is 11.1 Å². The molecule has 3 atom stereocenters. The molecular weight excluding hydrogens is 216 g/mol. The first-order valence-electron chi connectivity index (χ1n) is 6.30. The summed E-state index contributed by atoms with van der Waals surface area (Å²) in [5.74, 6) is 1.66. The zero-order valence-corrected chi connectivity index (χ0v) is 11.3. The smallest absolute Gasteiger partial charge is 0.110 e. The standard InChI is InChI=1S/C13H22N2S/c1-9-5-4-6-11(7-9)12(14-3)13-15-10(2)8-16-13/h8-9,11-12,14H,4-7H2,1-3H3. The van der Waals surface area contributed by atoms with Crippen molar-refractivity contribution < 1.29 is 0 Å². The lowest BCUT2D eigenvalue weighted by Gasteiger charge is -2.32. The third kappa shape index (κ3) is 2.64. The van der Waals surface area contributed by atoms with Crippen LogP contribution in [0.1, 0.15) is 49.4 Å². The van der Waals surface area contributed by atoms with Crippen molar-refractivity contribution in [3.8, 4) is 0 Å². The van der Waals surface area contributed by atoms with Crippen LogP contribution >= 0.6 is 11.3 Å². The summed E-state index contributed by atoms with van der Waals surface area (Å²) in [6, 6.07) is 0.474. The molecule has 1 fully saturated rings. The van der Waals surface area contributed by atoms with Crippen molar-refractivity contribution in [2.75, 3.05) is 7.05 Å². The highest BCUT2D eigenvalue weighted by molar-refractivity contribution is 7.09. The van der Waals surface area contributed by atoms with Gasteiger partial charge in [0.15, 0.2) is 0 Å². The second kappa shape index (κ2) is 5.28. The number of hydrogen-bond donors (Lipinski definition) is 1. The highest BCUT2D eigenvalue weighted by Gasteiger charge is 2.28. The fraction of sp³-hybridized carbons (Fsp3) is 0.769. The second-order valence-corrected chi connectivity index (χ2v) is 6.02. The first kappa shape index (κ1) is 12.1. The number of nitrogens with one attached hydrogen (secondary N) is 1. The largest absolute Gasteiger partial charge is 0.311 e. The lowest BCUT2D eigenvalue weighted by molar-refractivity contribution is 0.229. The van der Waals surface area contributed by atoms with E-state index in [0.717, 1.165) is 17.5 Å². The van der Waals surface area contributed by atoms with E-state index in [4.69, 9.17) is 0 Å². The highest BCUT2D eigenvalue weighted by atomic mass is 32.1. The van der Waals surface area contributed by atoms with Gasteiger partial charge in [-0.3, -0.25) is 0 Å². The number of nitrogens with zero attached hydrogens (tertiary/aromatic N) is 1. The molecule has 0 amide bonds. The number of aryl methyl sites for hydroxylation is 1. The van der Waals surface area contributed by atoms with Crippen LogP contribution in [0.15, 0.2) is 5.38 Å². The Morgan fingerprint density at radius 2 is 2.31 bits per heavy atom. The van der Waals surface area contributed by atoms with Crippen LogP contribution < -0.4 is 5.32 Å². The molecule has 1 saturated carbocycles. The minimum Gasteiger partial charge on any atom is -0.311 e. The molecule has 3 unspecified atom stereocenters. The Kier molecular flexibility index (Phi) is 3.98. The molecule has 3 heteroatoms. The Morgan fingerprint density at radius 3 is 2.88 bits per heavy atom. The predicted molar refractivity (Wildman–Crippen MR) is 69.8 cm³/mol. The SMILES string of the molecule is CNC(c1nc(C)cs1)C1CCCC(C)C1. The fourth-order valence-corrected chi connectivity index (χ4v) is 3.86. The maximum Gasteiger partial charge on any atom is 0.110 e. The Morgan fingerprint density at radius 1 is 1.50 bits per heavy atom. The molecule has 1 aliphatic carbocycles. The first-order chi connectivity index (χ1) is 7.70. The van der Waals surface area contributed by atoms with Crippen molar-refractivity contribution in [1.29, 1.82) is 0 Å². The van der Waals surface area contributed by atoms with E-state index in [1.165, 1.54) is 30.7 Å². The van der Waals surface area contributed by atoms with Crippen molar-refractivity contribution in [1.82, 2.24) is 10.3 Å². The van der Waals surface area contributed by atoms with Gasteiger partial charge in [0.25, 0.3) is 0 Å². The summed E-state index contributed by atoms with van der Waals surface area (Å²) in [7, 11) is 2.07. The molecule has 1 aliphatic rings. The van der Waals surface area contributed by atoms with Gasteiger partial charge in [-0.05, 0) is 38.6 Å². The molecule has 0 aromatic carbocycles. The summed E-state index contributed by atoms with van der Waals surface area (Å²) < 4.78 is 0. The monoisotopic (exact) mass is 238 g/mol. The van der Waals surface area contributed by atoms with Crippen molar-refractivity contribution in [3.05, 3.63) is 16.1 Å². The molecule has 2 rings (SSSR count). The second-order valence-electron chi connectivity index (χ2n) is 5.13. The predicted octanol–water partition coefficient (Wildman–Crippen LogP) is 3.54. The van der Waals surface area contributed by atoms with Crippen LogP contribution in [0.5, 0.6) is 0 Å². The van der Waals surface area contributed by atoms with Gasteiger partial charge in [-0.2, -0.15) is 0 Å². The Hall–Kier alpha value is -0.410. The van der Waals surface area contributed by atoms with Gasteiger partial charge < -0.3 is 5.32 Å². The summed E-state index contributed by atoms with van der Waals surface area (Å²) in [6.07, 6.45) is 5.50. The van der Waals surface area contributed by atoms with Gasteiger partial charge in [0.2, 0.25) is 0 Å². The number of rotatable bonds is 3. The van der Waals surface area contributed by atoms with Crippen molar-refractivity contribution >= 4 is 11.3 Å². The van der Waals surface area contributed by atoms with E-state index < -0.39 is 0 Å². The lowest BCUT2D eigenvalue weighted by Crippen LogP contribution is -2.28. The van der Waals surface area contributed by atoms with Crippen LogP contribution in [-0.2, 0) is 0 Å². The molecule has 90 valence electrons. The molecule has 0 spiro atoms. The molecule has 1 aromatic heterocycles. The Bertz CT molecular complexity index is 334. The van der Waals surface area contributed by atoms with Gasteiger partial charge >= 0.3 is 0 Å². The molecule has 2 nitrogen and oxygen atoms in total. The maximum atomic E-state index is 4.64. The van der Waals surface area contributed by atoms with E-state index in [1.807, 2.05) is 0 Å². The summed E-state index contributed by atoms with van der Waals surface area (Å²) in [5, 5.41) is 6.91. The van der Waals surface area contributed by atoms with Crippen molar-refractivity contribution in [2.45, 2.75) is 45.6 Å². The molecular formula is C13H22N2S. The average Bonchev–Trinajstić information content (AvgIpc) is 2.66. The minimum absolute atomic E-state index is 0.474. The molecule has 16 heavy (non-hydrogen) atoms. The zero-order chi connectivity index (χ0) is 11.5. The van der Waals surface area contributed by atoms with Crippen LogP contribution in [-0.4, -0.2) is 12.0 Å². The number of thiazole rings is 1. The van der Waals surface area contributed by atoms with Crippen molar-refractivity contribution in [3.63, 3.8) is 0 Å². The van der Waals surface area contributed by atoms with Crippen LogP contribution in [0.4, 0.5) is 0 Å². The summed E-state index contributed by atoms with van der Waals surface area (Å²) in [4.78, 5) is 4.64. The highest BCUT2D eigenvalue weighted by Crippen LogP contribution is 2.37. The number of aromatic nitrogens is 1. The van der Waals surface area contributed by atoms with E-state index in [-0.39, 0.29) is 0 Å². The third-order valence-electron chi connectivity index (χ3n) is 3.66. The third-order valence-corrected chi connectivity index (χ3v) is 4.71. The van der Waals surface area contributed by atoms with E-state index in [1.54, 1.807) is 11.3 Å². The van der Waals surface area contributed by atoms with Gasteiger partial charge in [0.1, 0.15) is 5.01 Å². The van der Waals surface area contributed by atoms with Crippen LogP contribution in [0.3, 0.4) is 0 Å². The zero-order valence-electron chi connectivity index (χ0n) is 10.5. The molecule has 1 N–H and O–H groups in total. The first-order valence-corrected chi connectivity index (χ1v) is 7.18. The van der Waals surface area contributed by atoms with Gasteiger partial charge in [0.05, 0.1) is 6.04 Å². The Balaban J connectivity index is 2.09. The van der Waals surface area contributed by atoms with Crippen LogP contribution in [0, 0.1) is 18.8 Å². The molecule has 1 aromatic rings.